The van der Waals surface area contributed by atoms with E-state index in [1.54, 1.807) is 13.0 Å². The number of ether oxygens (including phenoxy) is 1. The summed E-state index contributed by atoms with van der Waals surface area (Å²) in [5, 5.41) is 9.59. The Hall–Kier alpha value is -2.67. The Kier molecular flexibility index (Phi) is 5.60. The van der Waals surface area contributed by atoms with Gasteiger partial charge in [0.05, 0.1) is 31.5 Å². The molecule has 1 aromatic heterocycles. The third-order valence-electron chi connectivity index (χ3n) is 4.60. The molecule has 1 unspecified atom stereocenters. The van der Waals surface area contributed by atoms with Crippen molar-refractivity contribution in [3.8, 4) is 0 Å². The van der Waals surface area contributed by atoms with Crippen LogP contribution in [-0.2, 0) is 29.1 Å². The fourth-order valence-electron chi connectivity index (χ4n) is 3.27. The molecule has 0 radical (unpaired) electrons. The number of benzene rings is 1. The summed E-state index contributed by atoms with van der Waals surface area (Å²) in [6.45, 7) is 1.93. The van der Waals surface area contributed by atoms with Crippen LogP contribution in [0.3, 0.4) is 0 Å². The fraction of sp³-hybridized carbons (Fsp3) is 0.350. The minimum Gasteiger partial charge on any atom is -0.481 e. The van der Waals surface area contributed by atoms with Crippen LogP contribution >= 0.6 is 0 Å². The minimum atomic E-state index is -0.923. The first kappa shape index (κ1) is 19.1. The smallest absolute Gasteiger partial charge is 0.218 e. The highest BCUT2D eigenvalue weighted by atomic mass is 19.2. The van der Waals surface area contributed by atoms with Crippen molar-refractivity contribution >= 4 is 11.7 Å². The molecule has 142 valence electrons. The number of aliphatic hydroxyl groups is 1. The van der Waals surface area contributed by atoms with Crippen molar-refractivity contribution < 1.29 is 23.4 Å². The van der Waals surface area contributed by atoms with Crippen molar-refractivity contribution in [3.63, 3.8) is 0 Å². The maximum atomic E-state index is 13.4. The number of pyridine rings is 1. The summed E-state index contributed by atoms with van der Waals surface area (Å²) in [4.78, 5) is 21.1. The standard InChI is InChI=1S/C20H20F2N2O3/c1-11(12-3-4-16(21)17(22)7-12)5-15(26)8-14-6-13-9-23-20(27-2)19(13)18(10-25)24-14/h3-4,6-7,11,25H,5,8-10H2,1-2H3. The Bertz CT molecular complexity index is 912. The zero-order valence-corrected chi connectivity index (χ0v) is 15.1. The van der Waals surface area contributed by atoms with Crippen LogP contribution in [0.1, 0.15) is 47.3 Å². The molecule has 1 aromatic carbocycles. The van der Waals surface area contributed by atoms with Crippen molar-refractivity contribution in [1.29, 1.82) is 0 Å². The Morgan fingerprint density at radius 2 is 2.07 bits per heavy atom. The number of carbonyl (C=O) groups excluding carboxylic acids is 1. The van der Waals surface area contributed by atoms with Gasteiger partial charge in [-0.2, -0.15) is 0 Å². The lowest BCUT2D eigenvalue weighted by molar-refractivity contribution is -0.118. The number of fused-ring (bicyclic) bond motifs is 1. The molecule has 2 aromatic rings. The Labute approximate surface area is 155 Å². The van der Waals surface area contributed by atoms with Crippen molar-refractivity contribution in [2.75, 3.05) is 7.11 Å². The van der Waals surface area contributed by atoms with E-state index < -0.39 is 11.6 Å². The molecular weight excluding hydrogens is 354 g/mol. The highest BCUT2D eigenvalue weighted by Gasteiger charge is 2.23. The quantitative estimate of drug-likeness (QED) is 0.844. The SMILES string of the molecule is COC1=NCc2cc(CC(=O)CC(C)c3ccc(F)c(F)c3)nc(CO)c21. The molecule has 5 nitrogen and oxygen atoms in total. The highest BCUT2D eigenvalue weighted by molar-refractivity contribution is 5.98. The molecule has 2 heterocycles. The molecule has 0 fully saturated rings. The molecule has 0 saturated heterocycles. The average molecular weight is 374 g/mol. The minimum absolute atomic E-state index is 0.0746. The number of aliphatic imine (C=N–C) groups is 1. The van der Waals surface area contributed by atoms with E-state index >= 15 is 0 Å². The van der Waals surface area contributed by atoms with Crippen molar-refractivity contribution in [2.24, 2.45) is 4.99 Å². The maximum absolute atomic E-state index is 13.4. The van der Waals surface area contributed by atoms with E-state index in [4.69, 9.17) is 4.74 Å². The number of ketones is 1. The summed E-state index contributed by atoms with van der Waals surface area (Å²) < 4.78 is 31.6. The molecule has 0 aliphatic carbocycles. The van der Waals surface area contributed by atoms with Gasteiger partial charge in [0.1, 0.15) is 5.78 Å². The second kappa shape index (κ2) is 7.92. The number of hydrogen-bond acceptors (Lipinski definition) is 5. The Balaban J connectivity index is 1.72. The number of nitrogens with zero attached hydrogens (tertiary/aromatic N) is 2. The van der Waals surface area contributed by atoms with E-state index in [2.05, 4.69) is 9.98 Å². The normalized spacial score (nSPS) is 13.9. The van der Waals surface area contributed by atoms with Crippen LogP contribution in [-0.4, -0.2) is 28.9 Å². The van der Waals surface area contributed by atoms with Gasteiger partial charge in [0.15, 0.2) is 11.6 Å². The number of halogens is 2. The van der Waals surface area contributed by atoms with E-state index in [-0.39, 0.29) is 31.1 Å². The van der Waals surface area contributed by atoms with Gasteiger partial charge < -0.3 is 9.84 Å². The van der Waals surface area contributed by atoms with Gasteiger partial charge in [-0.25, -0.2) is 13.8 Å². The van der Waals surface area contributed by atoms with E-state index in [9.17, 15) is 18.7 Å². The number of aromatic nitrogens is 1. The molecule has 0 bridgehead atoms. The Morgan fingerprint density at radius 3 is 2.74 bits per heavy atom. The third kappa shape index (κ3) is 4.03. The summed E-state index contributed by atoms with van der Waals surface area (Å²) >= 11 is 0. The topological polar surface area (TPSA) is 71.8 Å². The largest absolute Gasteiger partial charge is 0.481 e. The van der Waals surface area contributed by atoms with E-state index in [1.165, 1.54) is 13.2 Å². The molecule has 1 atom stereocenters. The number of aliphatic hydroxyl groups excluding tert-OH is 1. The first-order chi connectivity index (χ1) is 12.9. The van der Waals surface area contributed by atoms with Crippen LogP contribution in [0.4, 0.5) is 8.78 Å². The summed E-state index contributed by atoms with van der Waals surface area (Å²) in [6, 6.07) is 5.46. The van der Waals surface area contributed by atoms with Gasteiger partial charge in [-0.3, -0.25) is 9.78 Å². The van der Waals surface area contributed by atoms with Crippen LogP contribution < -0.4 is 0 Å². The number of carbonyl (C=O) groups is 1. The summed E-state index contributed by atoms with van der Waals surface area (Å²) in [7, 11) is 1.51. The number of rotatable bonds is 6. The second-order valence-corrected chi connectivity index (χ2v) is 6.57. The van der Waals surface area contributed by atoms with Crippen LogP contribution in [0.2, 0.25) is 0 Å². The lowest BCUT2D eigenvalue weighted by atomic mass is 9.93. The first-order valence-electron chi connectivity index (χ1n) is 8.61. The van der Waals surface area contributed by atoms with Gasteiger partial charge in [0.2, 0.25) is 5.90 Å². The number of methoxy groups -OCH3 is 1. The molecule has 0 amide bonds. The summed E-state index contributed by atoms with van der Waals surface area (Å²) in [6.07, 6.45) is 0.273. The molecule has 0 spiro atoms. The van der Waals surface area contributed by atoms with Gasteiger partial charge in [0, 0.05) is 18.5 Å². The van der Waals surface area contributed by atoms with Crippen LogP contribution in [0.5, 0.6) is 0 Å². The Morgan fingerprint density at radius 1 is 1.30 bits per heavy atom. The predicted molar refractivity (Wildman–Crippen MR) is 95.5 cm³/mol. The van der Waals surface area contributed by atoms with Crippen molar-refractivity contribution in [2.45, 2.75) is 38.8 Å². The van der Waals surface area contributed by atoms with Gasteiger partial charge in [0.25, 0.3) is 0 Å². The van der Waals surface area contributed by atoms with Crippen molar-refractivity contribution in [3.05, 3.63) is 64.0 Å². The third-order valence-corrected chi connectivity index (χ3v) is 4.60. The highest BCUT2D eigenvalue weighted by Crippen LogP contribution is 2.25. The summed E-state index contributed by atoms with van der Waals surface area (Å²) in [5.41, 5.74) is 3.10. The zero-order valence-electron chi connectivity index (χ0n) is 15.1. The number of Topliss-reactive ketones (excluding diaryl/α,β-unsaturated/α-hetero) is 1. The van der Waals surface area contributed by atoms with Crippen LogP contribution in [0.15, 0.2) is 29.3 Å². The number of hydrogen-bond donors (Lipinski definition) is 1. The second-order valence-electron chi connectivity index (χ2n) is 6.57. The molecule has 27 heavy (non-hydrogen) atoms. The lowest BCUT2D eigenvalue weighted by Crippen LogP contribution is -2.13. The maximum Gasteiger partial charge on any atom is 0.218 e. The molecule has 1 aliphatic heterocycles. The average Bonchev–Trinajstić information content (AvgIpc) is 3.06. The monoisotopic (exact) mass is 374 g/mol. The van der Waals surface area contributed by atoms with E-state index in [0.29, 0.717) is 35.0 Å². The molecule has 1 aliphatic rings. The van der Waals surface area contributed by atoms with Gasteiger partial charge in [-0.1, -0.05) is 13.0 Å². The fourth-order valence-corrected chi connectivity index (χ4v) is 3.27. The molecule has 0 saturated carbocycles. The molecular formula is C20H20F2N2O3. The van der Waals surface area contributed by atoms with Crippen LogP contribution in [0, 0.1) is 11.6 Å². The van der Waals surface area contributed by atoms with Crippen LogP contribution in [0.25, 0.3) is 0 Å². The van der Waals surface area contributed by atoms with E-state index in [1.807, 2.05) is 0 Å². The zero-order chi connectivity index (χ0) is 19.6. The lowest BCUT2D eigenvalue weighted by Gasteiger charge is -2.13. The van der Waals surface area contributed by atoms with Gasteiger partial charge in [-0.15, -0.1) is 0 Å². The molecule has 7 heteroatoms. The van der Waals surface area contributed by atoms with E-state index in [0.717, 1.165) is 17.7 Å². The first-order valence-corrected chi connectivity index (χ1v) is 8.61. The summed E-state index contributed by atoms with van der Waals surface area (Å²) in [5.74, 6) is -1.72. The predicted octanol–water partition coefficient (Wildman–Crippen LogP) is 3.06. The van der Waals surface area contributed by atoms with Crippen molar-refractivity contribution in [1.82, 2.24) is 4.98 Å². The molecule has 3 rings (SSSR count). The van der Waals surface area contributed by atoms with Gasteiger partial charge in [-0.05, 0) is 35.2 Å². The molecule has 1 N–H and O–H groups in total. The van der Waals surface area contributed by atoms with Gasteiger partial charge >= 0.3 is 0 Å².